The maximum absolute atomic E-state index is 11.6. The molecule has 8 nitrogen and oxygen atoms in total. The van der Waals surface area contributed by atoms with E-state index >= 15 is 0 Å². The summed E-state index contributed by atoms with van der Waals surface area (Å²) < 4.78 is 42.0. The Morgan fingerprint density at radius 1 is 0.839 bits per heavy atom. The summed E-state index contributed by atoms with van der Waals surface area (Å²) in [4.78, 5) is 22.9. The average molecular weight is 459 g/mol. The molecule has 0 unspecified atom stereocenters. The predicted molar refractivity (Wildman–Crippen MR) is 116 cm³/mol. The number of benzene rings is 1. The standard InChI is InChI=1S/C22H34O8S/c1-27-21(23)13-9-16-29-20-12-8-11-18(19(20)14-15-22(24)28-2)10-6-4-5-7-17-30-31(3,25)26/h8,11-12H,4-7,9-10,13-17H2,1-3H3. The van der Waals surface area contributed by atoms with Crippen LogP contribution in [-0.4, -0.2) is 54.0 Å². The van der Waals surface area contributed by atoms with E-state index in [1.165, 1.54) is 14.2 Å². The number of methoxy groups -OCH3 is 2. The second-order valence-corrected chi connectivity index (χ2v) is 8.83. The topological polar surface area (TPSA) is 105 Å². The van der Waals surface area contributed by atoms with Crippen LogP contribution in [0.3, 0.4) is 0 Å². The predicted octanol–water partition coefficient (Wildman–Crippen LogP) is 3.20. The van der Waals surface area contributed by atoms with Crippen LogP contribution in [-0.2, 0) is 46.2 Å². The van der Waals surface area contributed by atoms with Gasteiger partial charge in [-0.15, -0.1) is 0 Å². The van der Waals surface area contributed by atoms with Crippen molar-refractivity contribution in [2.24, 2.45) is 0 Å². The molecule has 0 spiro atoms. The number of carbonyl (C=O) groups is 2. The van der Waals surface area contributed by atoms with Gasteiger partial charge in [0.05, 0.1) is 33.7 Å². The van der Waals surface area contributed by atoms with Crippen molar-refractivity contribution in [3.8, 4) is 5.75 Å². The molecule has 0 atom stereocenters. The van der Waals surface area contributed by atoms with Crippen molar-refractivity contribution in [3.05, 3.63) is 29.3 Å². The van der Waals surface area contributed by atoms with E-state index in [-0.39, 0.29) is 31.4 Å². The first-order valence-electron chi connectivity index (χ1n) is 10.5. The second kappa shape index (κ2) is 14.8. The first-order valence-corrected chi connectivity index (χ1v) is 12.3. The monoisotopic (exact) mass is 458 g/mol. The molecular weight excluding hydrogens is 424 g/mol. The van der Waals surface area contributed by atoms with Crippen molar-refractivity contribution < 1.29 is 36.4 Å². The van der Waals surface area contributed by atoms with Gasteiger partial charge in [0.15, 0.2) is 0 Å². The Balaban J connectivity index is 2.62. The average Bonchev–Trinajstić information content (AvgIpc) is 2.73. The van der Waals surface area contributed by atoms with Gasteiger partial charge in [0.1, 0.15) is 5.75 Å². The minimum Gasteiger partial charge on any atom is -0.493 e. The third-order valence-electron chi connectivity index (χ3n) is 4.69. The summed E-state index contributed by atoms with van der Waals surface area (Å²) in [5.41, 5.74) is 2.09. The Hall–Kier alpha value is -2.13. The Bertz CT molecular complexity index is 789. The third kappa shape index (κ3) is 12.3. The minimum absolute atomic E-state index is 0.206. The van der Waals surface area contributed by atoms with Gasteiger partial charge in [-0.25, -0.2) is 0 Å². The first kappa shape index (κ1) is 26.9. The molecule has 0 aromatic heterocycles. The summed E-state index contributed by atoms with van der Waals surface area (Å²) in [5, 5.41) is 0. The molecule has 0 saturated carbocycles. The van der Waals surface area contributed by atoms with Crippen molar-refractivity contribution in [1.82, 2.24) is 0 Å². The maximum Gasteiger partial charge on any atom is 0.305 e. The van der Waals surface area contributed by atoms with Gasteiger partial charge < -0.3 is 14.2 Å². The summed E-state index contributed by atoms with van der Waals surface area (Å²) in [7, 11) is -0.655. The fourth-order valence-corrected chi connectivity index (χ4v) is 3.50. The van der Waals surface area contributed by atoms with Gasteiger partial charge in [-0.05, 0) is 49.3 Å². The normalized spacial score (nSPS) is 11.2. The summed E-state index contributed by atoms with van der Waals surface area (Å²) in [6.45, 7) is 0.586. The lowest BCUT2D eigenvalue weighted by Gasteiger charge is -2.16. The van der Waals surface area contributed by atoms with Gasteiger partial charge in [0.2, 0.25) is 0 Å². The molecule has 176 valence electrons. The van der Waals surface area contributed by atoms with Crippen molar-refractivity contribution in [3.63, 3.8) is 0 Å². The van der Waals surface area contributed by atoms with Crippen LogP contribution in [0.5, 0.6) is 5.75 Å². The molecule has 0 bridgehead atoms. The summed E-state index contributed by atoms with van der Waals surface area (Å²) in [6.07, 6.45) is 6.90. The number of esters is 2. The molecule has 0 aliphatic carbocycles. The summed E-state index contributed by atoms with van der Waals surface area (Å²) >= 11 is 0. The molecule has 0 aliphatic heterocycles. The van der Waals surface area contributed by atoms with Gasteiger partial charge >= 0.3 is 11.9 Å². The molecular formula is C22H34O8S. The molecule has 0 heterocycles. The fourth-order valence-electron chi connectivity index (χ4n) is 3.08. The van der Waals surface area contributed by atoms with Crippen molar-refractivity contribution in [2.75, 3.05) is 33.7 Å². The van der Waals surface area contributed by atoms with Gasteiger partial charge in [-0.2, -0.15) is 8.42 Å². The van der Waals surface area contributed by atoms with E-state index in [0.29, 0.717) is 31.6 Å². The van der Waals surface area contributed by atoms with E-state index in [4.69, 9.17) is 13.7 Å². The first-order chi connectivity index (χ1) is 14.8. The highest BCUT2D eigenvalue weighted by atomic mass is 32.2. The highest BCUT2D eigenvalue weighted by Crippen LogP contribution is 2.26. The Kier molecular flexibility index (Phi) is 12.8. The van der Waals surface area contributed by atoms with Crippen molar-refractivity contribution >= 4 is 22.1 Å². The van der Waals surface area contributed by atoms with Crippen LogP contribution >= 0.6 is 0 Å². The van der Waals surface area contributed by atoms with E-state index in [9.17, 15) is 18.0 Å². The minimum atomic E-state index is -3.38. The molecule has 1 aromatic carbocycles. The number of aryl methyl sites for hydroxylation is 1. The zero-order valence-corrected chi connectivity index (χ0v) is 19.5. The zero-order chi connectivity index (χ0) is 23.1. The SMILES string of the molecule is COC(=O)CCCOc1cccc(CCCCCCOS(C)(=O)=O)c1CCC(=O)OC. The molecule has 31 heavy (non-hydrogen) atoms. The Morgan fingerprint density at radius 2 is 1.52 bits per heavy atom. The highest BCUT2D eigenvalue weighted by Gasteiger charge is 2.13. The van der Waals surface area contributed by atoms with Crippen molar-refractivity contribution in [2.45, 2.75) is 57.8 Å². The number of carbonyl (C=O) groups excluding carboxylic acids is 2. The van der Waals surface area contributed by atoms with Gasteiger partial charge in [-0.1, -0.05) is 25.0 Å². The zero-order valence-electron chi connectivity index (χ0n) is 18.7. The highest BCUT2D eigenvalue weighted by molar-refractivity contribution is 7.85. The van der Waals surface area contributed by atoms with Crippen LogP contribution in [0, 0.1) is 0 Å². The fraction of sp³-hybridized carbons (Fsp3) is 0.636. The number of hydrogen-bond acceptors (Lipinski definition) is 8. The number of unbranched alkanes of at least 4 members (excludes halogenated alkanes) is 3. The van der Waals surface area contributed by atoms with Crippen LogP contribution in [0.25, 0.3) is 0 Å². The van der Waals surface area contributed by atoms with E-state index in [1.807, 2.05) is 18.2 Å². The summed E-state index contributed by atoms with van der Waals surface area (Å²) in [6, 6.07) is 5.82. The second-order valence-electron chi connectivity index (χ2n) is 7.19. The molecule has 0 aliphatic rings. The molecule has 9 heteroatoms. The molecule has 1 rings (SSSR count). The molecule has 0 amide bonds. The van der Waals surface area contributed by atoms with Gasteiger partial charge in [-0.3, -0.25) is 13.8 Å². The molecule has 0 fully saturated rings. The largest absolute Gasteiger partial charge is 0.493 e. The van der Waals surface area contributed by atoms with Gasteiger partial charge in [0, 0.05) is 12.8 Å². The van der Waals surface area contributed by atoms with Crippen LogP contribution in [0.1, 0.15) is 56.1 Å². The number of ether oxygens (including phenoxy) is 3. The molecule has 0 N–H and O–H groups in total. The molecule has 0 radical (unpaired) electrons. The maximum atomic E-state index is 11.6. The van der Waals surface area contributed by atoms with E-state index in [1.54, 1.807) is 0 Å². The van der Waals surface area contributed by atoms with E-state index in [2.05, 4.69) is 4.74 Å². The lowest BCUT2D eigenvalue weighted by Crippen LogP contribution is -2.08. The Labute approximate surface area is 185 Å². The quantitative estimate of drug-likeness (QED) is 0.211. The van der Waals surface area contributed by atoms with Crippen molar-refractivity contribution in [1.29, 1.82) is 0 Å². The van der Waals surface area contributed by atoms with Crippen LogP contribution in [0.4, 0.5) is 0 Å². The summed E-state index contributed by atoms with van der Waals surface area (Å²) in [5.74, 6) is 0.162. The van der Waals surface area contributed by atoms with E-state index in [0.717, 1.165) is 43.1 Å². The number of rotatable bonds is 16. The third-order valence-corrected chi connectivity index (χ3v) is 5.28. The van der Waals surface area contributed by atoms with Gasteiger partial charge in [0.25, 0.3) is 10.1 Å². The van der Waals surface area contributed by atoms with Crippen LogP contribution in [0.2, 0.25) is 0 Å². The van der Waals surface area contributed by atoms with E-state index < -0.39 is 10.1 Å². The lowest BCUT2D eigenvalue weighted by molar-refractivity contribution is -0.141. The smallest absolute Gasteiger partial charge is 0.305 e. The van der Waals surface area contributed by atoms with Crippen LogP contribution in [0.15, 0.2) is 18.2 Å². The molecule has 0 saturated heterocycles. The molecule has 1 aromatic rings. The Morgan fingerprint density at radius 3 is 2.19 bits per heavy atom. The van der Waals surface area contributed by atoms with Crippen LogP contribution < -0.4 is 4.74 Å². The number of hydrogen-bond donors (Lipinski definition) is 0. The lowest BCUT2D eigenvalue weighted by atomic mass is 9.97.